The molecule has 1 N–H and O–H groups in total. The molecule has 3 heteroatoms. The Kier molecular flexibility index (Phi) is 3.93. The zero-order valence-electron chi connectivity index (χ0n) is 9.60. The molecular formula is C11H22N2O. The first-order chi connectivity index (χ1) is 6.58. The highest BCUT2D eigenvalue weighted by Gasteiger charge is 2.32. The van der Waals surface area contributed by atoms with E-state index in [0.717, 1.165) is 32.5 Å². The first kappa shape index (κ1) is 11.5. The van der Waals surface area contributed by atoms with Gasteiger partial charge in [0.05, 0.1) is 0 Å². The van der Waals surface area contributed by atoms with Gasteiger partial charge in [0.2, 0.25) is 5.91 Å². The van der Waals surface area contributed by atoms with Crippen molar-refractivity contribution in [1.29, 1.82) is 0 Å². The Balaban J connectivity index is 2.51. The predicted molar refractivity (Wildman–Crippen MR) is 58.2 cm³/mol. The SMILES string of the molecule is CCCCC(=O)N1CCNCC1(C)C. The molecule has 1 fully saturated rings. The topological polar surface area (TPSA) is 32.3 Å². The van der Waals surface area contributed by atoms with Crippen LogP contribution in [0.15, 0.2) is 0 Å². The van der Waals surface area contributed by atoms with Crippen LogP contribution in [0.1, 0.15) is 40.0 Å². The molecule has 0 aliphatic carbocycles. The van der Waals surface area contributed by atoms with Crippen LogP contribution in [0.25, 0.3) is 0 Å². The van der Waals surface area contributed by atoms with Gasteiger partial charge in [0, 0.05) is 31.6 Å². The number of nitrogens with one attached hydrogen (secondary N) is 1. The van der Waals surface area contributed by atoms with Crippen LogP contribution in [0.4, 0.5) is 0 Å². The molecule has 0 saturated carbocycles. The fourth-order valence-electron chi connectivity index (χ4n) is 1.91. The third kappa shape index (κ3) is 2.71. The standard InChI is InChI=1S/C11H22N2O/c1-4-5-6-10(14)13-8-7-12-9-11(13,2)3/h12H,4-9H2,1-3H3. The molecule has 0 aromatic rings. The van der Waals surface area contributed by atoms with Crippen LogP contribution in [0.3, 0.4) is 0 Å². The largest absolute Gasteiger partial charge is 0.335 e. The summed E-state index contributed by atoms with van der Waals surface area (Å²) < 4.78 is 0. The van der Waals surface area contributed by atoms with E-state index in [1.54, 1.807) is 0 Å². The lowest BCUT2D eigenvalue weighted by molar-refractivity contribution is -0.137. The quantitative estimate of drug-likeness (QED) is 0.743. The summed E-state index contributed by atoms with van der Waals surface area (Å²) in [6.07, 6.45) is 2.82. The van der Waals surface area contributed by atoms with E-state index in [9.17, 15) is 4.79 Å². The molecule has 1 heterocycles. The van der Waals surface area contributed by atoms with Gasteiger partial charge >= 0.3 is 0 Å². The molecule has 1 amide bonds. The summed E-state index contributed by atoms with van der Waals surface area (Å²) in [7, 11) is 0. The third-order valence-electron chi connectivity index (χ3n) is 2.85. The van der Waals surface area contributed by atoms with Crippen molar-refractivity contribution in [2.45, 2.75) is 45.6 Å². The molecule has 0 spiro atoms. The average molecular weight is 198 g/mol. The summed E-state index contributed by atoms with van der Waals surface area (Å²) in [6, 6.07) is 0. The van der Waals surface area contributed by atoms with E-state index in [4.69, 9.17) is 0 Å². The molecule has 1 rings (SSSR count). The van der Waals surface area contributed by atoms with Gasteiger partial charge < -0.3 is 10.2 Å². The van der Waals surface area contributed by atoms with Crippen LogP contribution in [0, 0.1) is 0 Å². The Morgan fingerprint density at radius 2 is 2.21 bits per heavy atom. The van der Waals surface area contributed by atoms with E-state index >= 15 is 0 Å². The van der Waals surface area contributed by atoms with Gasteiger partial charge in [-0.25, -0.2) is 0 Å². The Morgan fingerprint density at radius 3 is 2.79 bits per heavy atom. The highest BCUT2D eigenvalue weighted by molar-refractivity contribution is 5.77. The second-order valence-electron chi connectivity index (χ2n) is 4.64. The molecular weight excluding hydrogens is 176 g/mol. The number of carbonyl (C=O) groups is 1. The second-order valence-corrected chi connectivity index (χ2v) is 4.64. The van der Waals surface area contributed by atoms with Gasteiger partial charge in [-0.3, -0.25) is 4.79 Å². The molecule has 1 aliphatic heterocycles. The normalized spacial score (nSPS) is 20.9. The van der Waals surface area contributed by atoms with E-state index in [-0.39, 0.29) is 5.54 Å². The van der Waals surface area contributed by atoms with Crippen LogP contribution in [0.5, 0.6) is 0 Å². The maximum absolute atomic E-state index is 11.9. The number of unbranched alkanes of at least 4 members (excludes halogenated alkanes) is 1. The number of rotatable bonds is 3. The highest BCUT2D eigenvalue weighted by atomic mass is 16.2. The fraction of sp³-hybridized carbons (Fsp3) is 0.909. The zero-order chi connectivity index (χ0) is 10.6. The van der Waals surface area contributed by atoms with E-state index in [1.165, 1.54) is 0 Å². The van der Waals surface area contributed by atoms with E-state index in [2.05, 4.69) is 26.1 Å². The molecule has 0 atom stereocenters. The smallest absolute Gasteiger partial charge is 0.223 e. The number of amides is 1. The molecule has 82 valence electrons. The predicted octanol–water partition coefficient (Wildman–Crippen LogP) is 1.39. The third-order valence-corrected chi connectivity index (χ3v) is 2.85. The summed E-state index contributed by atoms with van der Waals surface area (Å²) in [5, 5.41) is 3.32. The minimum Gasteiger partial charge on any atom is -0.335 e. The van der Waals surface area contributed by atoms with Crippen molar-refractivity contribution in [3.63, 3.8) is 0 Å². The first-order valence-corrected chi connectivity index (χ1v) is 5.59. The zero-order valence-corrected chi connectivity index (χ0v) is 9.60. The summed E-state index contributed by atoms with van der Waals surface area (Å²) in [6.45, 7) is 9.07. The first-order valence-electron chi connectivity index (χ1n) is 5.59. The minimum absolute atomic E-state index is 0.0108. The van der Waals surface area contributed by atoms with Gasteiger partial charge in [-0.05, 0) is 20.3 Å². The van der Waals surface area contributed by atoms with Crippen molar-refractivity contribution in [1.82, 2.24) is 10.2 Å². The van der Waals surface area contributed by atoms with Gasteiger partial charge in [0.1, 0.15) is 0 Å². The average Bonchev–Trinajstić information content (AvgIpc) is 2.13. The Hall–Kier alpha value is -0.570. The number of piperazine rings is 1. The number of carbonyl (C=O) groups excluding carboxylic acids is 1. The van der Waals surface area contributed by atoms with Crippen molar-refractivity contribution >= 4 is 5.91 Å². The monoisotopic (exact) mass is 198 g/mol. The van der Waals surface area contributed by atoms with E-state index < -0.39 is 0 Å². The molecule has 1 aliphatic rings. The Bertz CT molecular complexity index is 201. The van der Waals surface area contributed by atoms with Gasteiger partial charge in [0.15, 0.2) is 0 Å². The molecule has 3 nitrogen and oxygen atoms in total. The summed E-state index contributed by atoms with van der Waals surface area (Å²) >= 11 is 0. The minimum atomic E-state index is -0.0108. The van der Waals surface area contributed by atoms with Crippen molar-refractivity contribution in [3.05, 3.63) is 0 Å². The molecule has 1 saturated heterocycles. The number of nitrogens with zero attached hydrogens (tertiary/aromatic N) is 1. The fourth-order valence-corrected chi connectivity index (χ4v) is 1.91. The maximum atomic E-state index is 11.9. The molecule has 0 radical (unpaired) electrons. The number of hydrogen-bond acceptors (Lipinski definition) is 2. The van der Waals surface area contributed by atoms with Crippen LogP contribution in [0.2, 0.25) is 0 Å². The van der Waals surface area contributed by atoms with Gasteiger partial charge in [-0.2, -0.15) is 0 Å². The number of hydrogen-bond donors (Lipinski definition) is 1. The van der Waals surface area contributed by atoms with Gasteiger partial charge in [-0.15, -0.1) is 0 Å². The molecule has 0 bridgehead atoms. The second kappa shape index (κ2) is 4.78. The molecule has 0 aromatic carbocycles. The van der Waals surface area contributed by atoms with Crippen molar-refractivity contribution < 1.29 is 4.79 Å². The summed E-state index contributed by atoms with van der Waals surface area (Å²) in [5.41, 5.74) is -0.0108. The van der Waals surface area contributed by atoms with Crippen molar-refractivity contribution in [2.75, 3.05) is 19.6 Å². The molecule has 0 unspecified atom stereocenters. The Morgan fingerprint density at radius 1 is 1.50 bits per heavy atom. The van der Waals surface area contributed by atoms with E-state index in [0.29, 0.717) is 12.3 Å². The lowest BCUT2D eigenvalue weighted by Crippen LogP contribution is -2.59. The van der Waals surface area contributed by atoms with Crippen molar-refractivity contribution in [3.8, 4) is 0 Å². The highest BCUT2D eigenvalue weighted by Crippen LogP contribution is 2.17. The lowest BCUT2D eigenvalue weighted by Gasteiger charge is -2.43. The van der Waals surface area contributed by atoms with Gasteiger partial charge in [-0.1, -0.05) is 13.3 Å². The Labute approximate surface area is 86.9 Å². The van der Waals surface area contributed by atoms with Crippen LogP contribution >= 0.6 is 0 Å². The van der Waals surface area contributed by atoms with Gasteiger partial charge in [0.25, 0.3) is 0 Å². The summed E-state index contributed by atoms with van der Waals surface area (Å²) in [4.78, 5) is 13.9. The van der Waals surface area contributed by atoms with Crippen LogP contribution in [-0.2, 0) is 4.79 Å². The van der Waals surface area contributed by atoms with Crippen molar-refractivity contribution in [2.24, 2.45) is 0 Å². The van der Waals surface area contributed by atoms with Crippen LogP contribution < -0.4 is 5.32 Å². The summed E-state index contributed by atoms with van der Waals surface area (Å²) in [5.74, 6) is 0.318. The lowest BCUT2D eigenvalue weighted by atomic mass is 9.99. The van der Waals surface area contributed by atoms with Crippen LogP contribution in [-0.4, -0.2) is 36.0 Å². The van der Waals surface area contributed by atoms with E-state index in [1.807, 2.05) is 4.90 Å². The maximum Gasteiger partial charge on any atom is 0.223 e. The molecule has 14 heavy (non-hydrogen) atoms. The molecule has 0 aromatic heterocycles.